The number of nitrogens with zero attached hydrogens (tertiary/aromatic N) is 1. The third-order valence-electron chi connectivity index (χ3n) is 4.13. The van der Waals surface area contributed by atoms with Gasteiger partial charge < -0.3 is 14.9 Å². The fourth-order valence-corrected chi connectivity index (χ4v) is 2.70. The lowest BCUT2D eigenvalue weighted by molar-refractivity contribution is -0.108. The average molecular weight is 365 g/mol. The number of carbonyl (C=O) groups is 2. The number of esters is 1. The topological polar surface area (TPSA) is 96.2 Å². The van der Waals surface area contributed by atoms with Crippen LogP contribution in [0, 0.1) is 0 Å². The van der Waals surface area contributed by atoms with E-state index in [0.717, 1.165) is 18.9 Å². The van der Waals surface area contributed by atoms with Gasteiger partial charge in [-0.3, -0.25) is 4.79 Å². The van der Waals surface area contributed by atoms with Crippen LogP contribution >= 0.6 is 0 Å². The van der Waals surface area contributed by atoms with Crippen LogP contribution in [0.1, 0.15) is 41.3 Å². The minimum Gasteiger partial charge on any atom is -0.507 e. The van der Waals surface area contributed by atoms with Gasteiger partial charge in [0.1, 0.15) is 17.2 Å². The van der Waals surface area contributed by atoms with Crippen molar-refractivity contribution in [2.45, 2.75) is 19.8 Å². The van der Waals surface area contributed by atoms with Crippen molar-refractivity contribution in [2.75, 3.05) is 6.61 Å². The van der Waals surface area contributed by atoms with Crippen molar-refractivity contribution < 1.29 is 24.5 Å². The number of aromatic hydroxyl groups is 1. The van der Waals surface area contributed by atoms with Crippen LogP contribution in [0.4, 0.5) is 5.69 Å². The van der Waals surface area contributed by atoms with E-state index < -0.39 is 11.8 Å². The molecule has 0 saturated heterocycles. The molecule has 2 aromatic carbocycles. The van der Waals surface area contributed by atoms with Crippen LogP contribution in [0.2, 0.25) is 0 Å². The molecular weight excluding hydrogens is 346 g/mol. The Labute approximate surface area is 156 Å². The van der Waals surface area contributed by atoms with Gasteiger partial charge in [-0.15, -0.1) is 0 Å². The number of fused-ring (bicyclic) bond motifs is 1. The lowest BCUT2D eigenvalue weighted by atomic mass is 9.92. The van der Waals surface area contributed by atoms with Crippen molar-refractivity contribution in [1.29, 1.82) is 0 Å². The van der Waals surface area contributed by atoms with Crippen molar-refractivity contribution in [3.8, 4) is 5.75 Å². The largest absolute Gasteiger partial charge is 0.507 e. The number of rotatable bonds is 5. The monoisotopic (exact) mass is 365 g/mol. The highest BCUT2D eigenvalue weighted by molar-refractivity contribution is 6.53. The molecule has 0 atom stereocenters. The summed E-state index contributed by atoms with van der Waals surface area (Å²) in [6, 6.07) is 10.9. The molecule has 6 nitrogen and oxygen atoms in total. The Kier molecular flexibility index (Phi) is 5.35. The van der Waals surface area contributed by atoms with E-state index in [9.17, 15) is 19.8 Å². The third kappa shape index (κ3) is 3.89. The second-order valence-corrected chi connectivity index (χ2v) is 6.09. The van der Waals surface area contributed by atoms with Gasteiger partial charge in [0, 0.05) is 11.6 Å². The molecule has 6 heteroatoms. The summed E-state index contributed by atoms with van der Waals surface area (Å²) in [5, 5.41) is 20.1. The number of phenolic OH excluding ortho intramolecular Hbond substituents is 1. The lowest BCUT2D eigenvalue weighted by Gasteiger charge is -2.16. The zero-order valence-electron chi connectivity index (χ0n) is 14.8. The van der Waals surface area contributed by atoms with E-state index >= 15 is 0 Å². The summed E-state index contributed by atoms with van der Waals surface area (Å²) in [7, 11) is 0. The van der Waals surface area contributed by atoms with E-state index in [2.05, 4.69) is 4.99 Å². The Balaban J connectivity index is 1.89. The quantitative estimate of drug-likeness (QED) is 0.618. The van der Waals surface area contributed by atoms with Crippen LogP contribution in [-0.4, -0.2) is 34.3 Å². The average Bonchev–Trinajstić information content (AvgIpc) is 2.66. The van der Waals surface area contributed by atoms with Crippen molar-refractivity contribution >= 4 is 28.9 Å². The first-order chi connectivity index (χ1) is 13.0. The van der Waals surface area contributed by atoms with Gasteiger partial charge in [-0.05, 0) is 36.8 Å². The fraction of sp³-hybridized carbons (Fsp3) is 0.190. The smallest absolute Gasteiger partial charge is 0.338 e. The maximum absolute atomic E-state index is 12.3. The second kappa shape index (κ2) is 7.86. The highest BCUT2D eigenvalue weighted by Crippen LogP contribution is 2.31. The zero-order chi connectivity index (χ0) is 19.4. The standard InChI is InChI=1S/C21H19NO5/c1-2-3-11-27-21(26)13-7-9-14(10-8-13)22-20-18(25)12-17(24)15-5-4-6-16(23)19(15)20/h4-10,12,23-24H,2-3,11H2,1H3. The summed E-state index contributed by atoms with van der Waals surface area (Å²) in [5.74, 6) is -1.28. The lowest BCUT2D eigenvalue weighted by Crippen LogP contribution is -2.20. The highest BCUT2D eigenvalue weighted by atomic mass is 16.5. The molecule has 0 spiro atoms. The van der Waals surface area contributed by atoms with Crippen LogP contribution in [0.3, 0.4) is 0 Å². The van der Waals surface area contributed by atoms with Gasteiger partial charge in [0.25, 0.3) is 0 Å². The summed E-state index contributed by atoms with van der Waals surface area (Å²) in [6.45, 7) is 2.39. The SMILES string of the molecule is CCCCOC(=O)c1ccc(N=C2C(=O)C=C(O)c3cccc(O)c32)cc1. The second-order valence-electron chi connectivity index (χ2n) is 6.09. The van der Waals surface area contributed by atoms with E-state index in [-0.39, 0.29) is 22.8 Å². The first-order valence-corrected chi connectivity index (χ1v) is 8.65. The molecule has 27 heavy (non-hydrogen) atoms. The number of hydrogen-bond donors (Lipinski definition) is 2. The molecule has 2 N–H and O–H groups in total. The number of carbonyl (C=O) groups excluding carboxylic acids is 2. The van der Waals surface area contributed by atoms with Crippen molar-refractivity contribution in [1.82, 2.24) is 0 Å². The summed E-state index contributed by atoms with van der Waals surface area (Å²) >= 11 is 0. The molecule has 1 aliphatic rings. The van der Waals surface area contributed by atoms with Gasteiger partial charge in [0.05, 0.1) is 23.4 Å². The molecule has 0 bridgehead atoms. The molecule has 3 rings (SSSR count). The van der Waals surface area contributed by atoms with Gasteiger partial charge in [0.2, 0.25) is 5.78 Å². The third-order valence-corrected chi connectivity index (χ3v) is 4.13. The minimum absolute atomic E-state index is 0.0270. The number of benzene rings is 2. The number of hydrogen-bond acceptors (Lipinski definition) is 6. The van der Waals surface area contributed by atoms with Crippen molar-refractivity contribution in [2.24, 2.45) is 4.99 Å². The number of aliphatic hydroxyl groups is 1. The molecule has 0 aliphatic heterocycles. The first kappa shape index (κ1) is 18.4. The van der Waals surface area contributed by atoms with Crippen molar-refractivity contribution in [3.05, 3.63) is 65.2 Å². The van der Waals surface area contributed by atoms with Crippen LogP contribution in [0.25, 0.3) is 5.76 Å². The van der Waals surface area contributed by atoms with Gasteiger partial charge in [-0.2, -0.15) is 0 Å². The molecule has 0 fully saturated rings. The van der Waals surface area contributed by atoms with E-state index in [4.69, 9.17) is 4.74 Å². The Bertz CT molecular complexity index is 942. The minimum atomic E-state index is -0.510. The molecule has 0 saturated carbocycles. The maximum atomic E-state index is 12.3. The number of phenols is 1. The number of aliphatic imine (C=N–C) groups is 1. The van der Waals surface area contributed by atoms with Gasteiger partial charge in [0.15, 0.2) is 0 Å². The number of unbranched alkanes of at least 4 members (excludes halogenated alkanes) is 1. The molecule has 138 valence electrons. The highest BCUT2D eigenvalue weighted by Gasteiger charge is 2.26. The molecule has 0 amide bonds. The Hall–Kier alpha value is -3.41. The summed E-state index contributed by atoms with van der Waals surface area (Å²) in [4.78, 5) is 28.5. The van der Waals surface area contributed by atoms with E-state index in [0.29, 0.717) is 23.4 Å². The van der Waals surface area contributed by atoms with E-state index in [1.165, 1.54) is 6.07 Å². The van der Waals surface area contributed by atoms with Crippen LogP contribution in [-0.2, 0) is 9.53 Å². The molecule has 0 aromatic heterocycles. The first-order valence-electron chi connectivity index (χ1n) is 8.65. The molecule has 0 radical (unpaired) electrons. The molecular formula is C21H19NO5. The van der Waals surface area contributed by atoms with Gasteiger partial charge >= 0.3 is 5.97 Å². The predicted molar refractivity (Wildman–Crippen MR) is 102 cm³/mol. The number of ketones is 1. The van der Waals surface area contributed by atoms with Crippen LogP contribution in [0.15, 0.2) is 53.5 Å². The van der Waals surface area contributed by atoms with E-state index in [1.807, 2.05) is 6.92 Å². The Morgan fingerprint density at radius 2 is 1.85 bits per heavy atom. The maximum Gasteiger partial charge on any atom is 0.338 e. The van der Waals surface area contributed by atoms with Gasteiger partial charge in [-0.25, -0.2) is 9.79 Å². The summed E-state index contributed by atoms with van der Waals surface area (Å²) in [6.07, 6.45) is 2.82. The number of allylic oxidation sites excluding steroid dienone is 1. The summed E-state index contributed by atoms with van der Waals surface area (Å²) in [5.41, 5.74) is 1.38. The molecule has 2 aromatic rings. The number of ether oxygens (including phenoxy) is 1. The summed E-state index contributed by atoms with van der Waals surface area (Å²) < 4.78 is 5.15. The van der Waals surface area contributed by atoms with Crippen LogP contribution in [0.5, 0.6) is 5.75 Å². The predicted octanol–water partition coefficient (Wildman–Crippen LogP) is 3.95. The van der Waals surface area contributed by atoms with Crippen molar-refractivity contribution in [3.63, 3.8) is 0 Å². The Morgan fingerprint density at radius 1 is 1.11 bits per heavy atom. The van der Waals surface area contributed by atoms with E-state index in [1.54, 1.807) is 36.4 Å². The normalized spacial score (nSPS) is 14.6. The molecule has 0 heterocycles. The Morgan fingerprint density at radius 3 is 2.56 bits per heavy atom. The van der Waals surface area contributed by atoms with Gasteiger partial charge in [-0.1, -0.05) is 25.5 Å². The number of aliphatic hydroxyl groups excluding tert-OH is 1. The van der Waals surface area contributed by atoms with Crippen LogP contribution < -0.4 is 0 Å². The zero-order valence-corrected chi connectivity index (χ0v) is 14.8. The molecule has 1 aliphatic carbocycles. The fourth-order valence-electron chi connectivity index (χ4n) is 2.70. The molecule has 0 unspecified atom stereocenters.